The van der Waals surface area contributed by atoms with E-state index >= 15 is 0 Å². The van der Waals surface area contributed by atoms with E-state index in [9.17, 15) is 9.59 Å². The molecule has 5 heteroatoms. The van der Waals surface area contributed by atoms with Gasteiger partial charge >= 0.3 is 0 Å². The topological polar surface area (TPSA) is 89.4 Å². The number of nitrogens with two attached hydrogens (primary N) is 2. The first-order valence-electron chi connectivity index (χ1n) is 5.81. The lowest BCUT2D eigenvalue weighted by molar-refractivity contribution is 0.986. The number of nitrogens with zero attached hydrogens (tertiary/aromatic N) is 1. The summed E-state index contributed by atoms with van der Waals surface area (Å²) >= 11 is 0. The van der Waals surface area contributed by atoms with Crippen LogP contribution in [0.3, 0.4) is 0 Å². The predicted octanol–water partition coefficient (Wildman–Crippen LogP) is 0.0177. The minimum atomic E-state index is -0.576. The molecule has 92 valence electrons. The molecule has 0 radical (unpaired) electrons. The fraction of sp³-hybridized carbons (Fsp3) is 0.231. The van der Waals surface area contributed by atoms with Gasteiger partial charge in [0, 0.05) is 18.8 Å². The van der Waals surface area contributed by atoms with Crippen molar-refractivity contribution in [1.29, 1.82) is 0 Å². The third-order valence-corrected chi connectivity index (χ3v) is 3.47. The highest BCUT2D eigenvalue weighted by molar-refractivity contribution is 5.81. The van der Waals surface area contributed by atoms with Crippen molar-refractivity contribution in [2.75, 3.05) is 17.2 Å². The van der Waals surface area contributed by atoms with Gasteiger partial charge in [0.05, 0.1) is 0 Å². The first kappa shape index (κ1) is 11.0. The highest BCUT2D eigenvalue weighted by Crippen LogP contribution is 2.35. The SMILES string of the molecule is NCc1ccc2c(c1)N(c1c(N)c(=O)c1=O)CC2. The van der Waals surface area contributed by atoms with Crippen molar-refractivity contribution in [2.45, 2.75) is 13.0 Å². The van der Waals surface area contributed by atoms with Gasteiger partial charge in [-0.25, -0.2) is 0 Å². The molecule has 0 amide bonds. The summed E-state index contributed by atoms with van der Waals surface area (Å²) in [6.45, 7) is 1.13. The smallest absolute Gasteiger partial charge is 0.253 e. The Labute approximate surface area is 103 Å². The van der Waals surface area contributed by atoms with Gasteiger partial charge < -0.3 is 16.4 Å². The van der Waals surface area contributed by atoms with Crippen LogP contribution in [0.2, 0.25) is 0 Å². The molecule has 1 aliphatic heterocycles. The largest absolute Gasteiger partial charge is 0.394 e. The molecule has 0 aromatic heterocycles. The molecule has 0 spiro atoms. The molecule has 18 heavy (non-hydrogen) atoms. The van der Waals surface area contributed by atoms with Gasteiger partial charge in [0.2, 0.25) is 0 Å². The Balaban J connectivity index is 2.10. The number of anilines is 3. The van der Waals surface area contributed by atoms with Crippen molar-refractivity contribution in [3.63, 3.8) is 0 Å². The van der Waals surface area contributed by atoms with E-state index < -0.39 is 10.9 Å². The Hall–Kier alpha value is -2.14. The molecule has 0 saturated carbocycles. The van der Waals surface area contributed by atoms with Crippen molar-refractivity contribution in [3.8, 4) is 0 Å². The molecule has 3 rings (SSSR count). The number of hydrogen-bond acceptors (Lipinski definition) is 5. The van der Waals surface area contributed by atoms with E-state index in [1.54, 1.807) is 0 Å². The fourth-order valence-electron chi connectivity index (χ4n) is 2.45. The molecule has 1 aliphatic rings. The second-order valence-electron chi connectivity index (χ2n) is 4.49. The van der Waals surface area contributed by atoms with Gasteiger partial charge in [0.15, 0.2) is 0 Å². The number of benzene rings is 1. The Morgan fingerprint density at radius 2 is 2.00 bits per heavy atom. The van der Waals surface area contributed by atoms with Gasteiger partial charge in [-0.05, 0) is 23.6 Å². The maximum absolute atomic E-state index is 11.6. The minimum Gasteiger partial charge on any atom is -0.394 e. The molecule has 0 saturated heterocycles. The predicted molar refractivity (Wildman–Crippen MR) is 70.8 cm³/mol. The van der Waals surface area contributed by atoms with Crippen LogP contribution in [0, 0.1) is 0 Å². The van der Waals surface area contributed by atoms with Gasteiger partial charge in [-0.15, -0.1) is 0 Å². The van der Waals surface area contributed by atoms with Crippen molar-refractivity contribution in [3.05, 3.63) is 49.8 Å². The molecule has 0 aliphatic carbocycles. The maximum Gasteiger partial charge on any atom is 0.253 e. The summed E-state index contributed by atoms with van der Waals surface area (Å²) in [6, 6.07) is 5.95. The number of hydrogen-bond donors (Lipinski definition) is 2. The second-order valence-corrected chi connectivity index (χ2v) is 4.49. The molecule has 5 nitrogen and oxygen atoms in total. The third kappa shape index (κ3) is 1.31. The standard InChI is InChI=1S/C13H13N3O2/c14-6-7-1-2-8-3-4-16(9(8)5-7)11-10(15)12(17)13(11)18/h1-2,5H,3-4,6,14-15H2. The molecular formula is C13H13N3O2. The summed E-state index contributed by atoms with van der Waals surface area (Å²) in [7, 11) is 0. The lowest BCUT2D eigenvalue weighted by Gasteiger charge is -2.22. The Morgan fingerprint density at radius 3 is 2.67 bits per heavy atom. The van der Waals surface area contributed by atoms with E-state index in [1.165, 1.54) is 0 Å². The molecule has 2 aromatic rings. The lowest BCUT2D eigenvalue weighted by atomic mass is 10.1. The van der Waals surface area contributed by atoms with E-state index in [-0.39, 0.29) is 5.69 Å². The quantitative estimate of drug-likeness (QED) is 0.726. The van der Waals surface area contributed by atoms with Gasteiger partial charge in [-0.2, -0.15) is 0 Å². The van der Waals surface area contributed by atoms with E-state index in [0.29, 0.717) is 18.8 Å². The van der Waals surface area contributed by atoms with Crippen LogP contribution in [0.25, 0.3) is 0 Å². The van der Waals surface area contributed by atoms with Crippen LogP contribution in [0.1, 0.15) is 11.1 Å². The molecule has 0 unspecified atom stereocenters. The van der Waals surface area contributed by atoms with Crippen LogP contribution in [0.5, 0.6) is 0 Å². The van der Waals surface area contributed by atoms with Gasteiger partial charge in [-0.3, -0.25) is 9.59 Å². The Morgan fingerprint density at radius 1 is 1.22 bits per heavy atom. The molecule has 0 fully saturated rings. The van der Waals surface area contributed by atoms with Crippen LogP contribution >= 0.6 is 0 Å². The van der Waals surface area contributed by atoms with Crippen LogP contribution < -0.4 is 27.2 Å². The summed E-state index contributed by atoms with van der Waals surface area (Å²) < 4.78 is 0. The zero-order chi connectivity index (χ0) is 12.9. The first-order valence-corrected chi connectivity index (χ1v) is 5.81. The van der Waals surface area contributed by atoms with Crippen molar-refractivity contribution in [1.82, 2.24) is 0 Å². The normalized spacial score (nSPS) is 14.2. The fourth-order valence-corrected chi connectivity index (χ4v) is 2.45. The summed E-state index contributed by atoms with van der Waals surface area (Å²) in [5.74, 6) is 0. The number of rotatable bonds is 2. The van der Waals surface area contributed by atoms with Crippen molar-refractivity contribution >= 4 is 17.1 Å². The first-order chi connectivity index (χ1) is 8.63. The molecule has 4 N–H and O–H groups in total. The van der Waals surface area contributed by atoms with Crippen LogP contribution in [-0.2, 0) is 13.0 Å². The molecular weight excluding hydrogens is 230 g/mol. The molecule has 1 heterocycles. The highest BCUT2D eigenvalue weighted by Gasteiger charge is 2.29. The number of nitrogen functional groups attached to an aromatic ring is 1. The van der Waals surface area contributed by atoms with Crippen molar-refractivity contribution in [2.24, 2.45) is 5.73 Å². The van der Waals surface area contributed by atoms with Gasteiger partial charge in [0.1, 0.15) is 11.4 Å². The van der Waals surface area contributed by atoms with Gasteiger partial charge in [0.25, 0.3) is 10.9 Å². The molecule has 0 atom stereocenters. The Kier molecular flexibility index (Phi) is 2.24. The third-order valence-electron chi connectivity index (χ3n) is 3.47. The summed E-state index contributed by atoms with van der Waals surface area (Å²) in [4.78, 5) is 24.6. The second kappa shape index (κ2) is 3.68. The Bertz CT molecular complexity index is 699. The van der Waals surface area contributed by atoms with Crippen LogP contribution in [0.15, 0.2) is 27.8 Å². The lowest BCUT2D eigenvalue weighted by Crippen LogP contribution is -2.40. The van der Waals surface area contributed by atoms with E-state index in [2.05, 4.69) is 0 Å². The van der Waals surface area contributed by atoms with Crippen LogP contribution in [0.4, 0.5) is 17.1 Å². The zero-order valence-corrected chi connectivity index (χ0v) is 9.77. The average Bonchev–Trinajstić information content (AvgIpc) is 2.81. The average molecular weight is 243 g/mol. The van der Waals surface area contributed by atoms with Crippen LogP contribution in [-0.4, -0.2) is 6.54 Å². The van der Waals surface area contributed by atoms with E-state index in [0.717, 1.165) is 23.2 Å². The van der Waals surface area contributed by atoms with Crippen molar-refractivity contribution < 1.29 is 0 Å². The zero-order valence-electron chi connectivity index (χ0n) is 9.77. The van der Waals surface area contributed by atoms with E-state index in [4.69, 9.17) is 11.5 Å². The summed E-state index contributed by atoms with van der Waals surface area (Å²) in [5, 5.41) is 0. The monoisotopic (exact) mass is 243 g/mol. The molecule has 2 aromatic carbocycles. The van der Waals surface area contributed by atoms with E-state index in [1.807, 2.05) is 23.1 Å². The summed E-state index contributed by atoms with van der Waals surface area (Å²) in [5.41, 5.74) is 13.7. The minimum absolute atomic E-state index is 0.0750. The summed E-state index contributed by atoms with van der Waals surface area (Å²) in [6.07, 6.45) is 0.846. The molecule has 0 bridgehead atoms. The highest BCUT2D eigenvalue weighted by atomic mass is 16.2. The number of fused-ring (bicyclic) bond motifs is 1. The van der Waals surface area contributed by atoms with Gasteiger partial charge in [-0.1, -0.05) is 12.1 Å². The maximum atomic E-state index is 11.6.